The van der Waals surface area contributed by atoms with Crippen LogP contribution in [-0.4, -0.2) is 90.8 Å². The summed E-state index contributed by atoms with van der Waals surface area (Å²) < 4.78 is 43.9. The summed E-state index contributed by atoms with van der Waals surface area (Å²) in [5, 5.41) is 5.57. The van der Waals surface area contributed by atoms with E-state index in [4.69, 9.17) is 14.2 Å². The third kappa shape index (κ3) is 8.72. The van der Waals surface area contributed by atoms with Crippen molar-refractivity contribution in [1.82, 2.24) is 20.3 Å². The molecule has 2 heterocycles. The first-order valence-electron chi connectivity index (χ1n) is 18.0. The van der Waals surface area contributed by atoms with Crippen LogP contribution < -0.4 is 20.1 Å². The van der Waals surface area contributed by atoms with E-state index in [2.05, 4.69) is 15.4 Å². The number of benzene rings is 1. The number of nitrogens with one attached hydrogen (secondary N) is 3. The molecule has 0 spiro atoms. The van der Waals surface area contributed by atoms with Gasteiger partial charge in [0.05, 0.1) is 24.0 Å². The molecule has 0 bridgehead atoms. The minimum atomic E-state index is -4.01. The van der Waals surface area contributed by atoms with Gasteiger partial charge in [-0.1, -0.05) is 26.0 Å². The van der Waals surface area contributed by atoms with Crippen molar-refractivity contribution in [3.05, 3.63) is 42.0 Å². The predicted octanol–water partition coefficient (Wildman–Crippen LogP) is 3.60. The average molecular weight is 745 g/mol. The van der Waals surface area contributed by atoms with Crippen molar-refractivity contribution in [3.8, 4) is 5.75 Å². The van der Waals surface area contributed by atoms with Crippen molar-refractivity contribution in [1.29, 1.82) is 0 Å². The molecule has 2 aliphatic carbocycles. The van der Waals surface area contributed by atoms with Crippen molar-refractivity contribution in [2.24, 2.45) is 17.8 Å². The molecule has 2 aliphatic heterocycles. The number of allylic oxidation sites excluding steroid dienone is 1. The number of hydrogen-bond donors (Lipinski definition) is 3. The van der Waals surface area contributed by atoms with Crippen LogP contribution in [0, 0.1) is 17.8 Å². The zero-order valence-corrected chi connectivity index (χ0v) is 31.8. The first kappa shape index (κ1) is 39.1. The largest absolute Gasteiger partial charge is 0.497 e. The molecule has 5 rings (SSSR count). The van der Waals surface area contributed by atoms with E-state index >= 15 is 0 Å². The minimum absolute atomic E-state index is 0.0992. The van der Waals surface area contributed by atoms with Gasteiger partial charge in [-0.05, 0) is 102 Å². The number of hydrogen-bond acceptors (Lipinski definition) is 10. The molecule has 7 atom stereocenters. The molecule has 1 aromatic carbocycles. The van der Waals surface area contributed by atoms with Gasteiger partial charge >= 0.3 is 12.1 Å². The number of alkyl carbamates (subject to hydrolysis) is 1. The molecule has 4 aliphatic rings. The molecule has 0 unspecified atom stereocenters. The Bertz CT molecular complexity index is 1700. The van der Waals surface area contributed by atoms with E-state index in [1.165, 1.54) is 24.1 Å². The SMILES string of the molecule is COc1ccc(C(=O)O[C@@H]2C[C@H]3C(=O)N[C@]4(C(=O)NS(=O)(=O)C5(C)CC5)C[C@H]4C=CCC[C@@H](C)C[C@@H](C)[C@H](NC(=O)OC(C)(C)C)C(=O)N3C2)cc1. The van der Waals surface area contributed by atoms with E-state index in [9.17, 15) is 32.4 Å². The Morgan fingerprint density at radius 2 is 1.71 bits per heavy atom. The fraction of sp³-hybridized carbons (Fsp3) is 0.649. The summed E-state index contributed by atoms with van der Waals surface area (Å²) in [6.07, 6.45) is 4.92. The summed E-state index contributed by atoms with van der Waals surface area (Å²) in [5.74, 6) is -2.97. The highest BCUT2D eigenvalue weighted by Crippen LogP contribution is 2.47. The van der Waals surface area contributed by atoms with Crippen LogP contribution in [0.25, 0.3) is 0 Å². The smallest absolute Gasteiger partial charge is 0.408 e. The van der Waals surface area contributed by atoms with Crippen molar-refractivity contribution in [2.75, 3.05) is 13.7 Å². The van der Waals surface area contributed by atoms with E-state index in [1.807, 2.05) is 26.0 Å². The van der Waals surface area contributed by atoms with Gasteiger partial charge in [-0.3, -0.25) is 19.1 Å². The molecule has 1 aromatic rings. The first-order valence-corrected chi connectivity index (χ1v) is 19.5. The molecule has 52 heavy (non-hydrogen) atoms. The summed E-state index contributed by atoms with van der Waals surface area (Å²) in [4.78, 5) is 70.2. The van der Waals surface area contributed by atoms with Crippen LogP contribution in [0.5, 0.6) is 5.75 Å². The minimum Gasteiger partial charge on any atom is -0.497 e. The number of sulfonamides is 1. The van der Waals surface area contributed by atoms with Crippen LogP contribution >= 0.6 is 0 Å². The van der Waals surface area contributed by atoms with E-state index in [0.29, 0.717) is 31.4 Å². The van der Waals surface area contributed by atoms with Gasteiger partial charge in [0.2, 0.25) is 21.8 Å². The quantitative estimate of drug-likeness (QED) is 0.275. The van der Waals surface area contributed by atoms with Crippen molar-refractivity contribution < 1.29 is 46.6 Å². The maximum Gasteiger partial charge on any atom is 0.408 e. The van der Waals surface area contributed by atoms with Crippen LogP contribution in [0.1, 0.15) is 96.8 Å². The highest BCUT2D eigenvalue weighted by atomic mass is 32.2. The lowest BCUT2D eigenvalue weighted by Crippen LogP contribution is -2.59. The molecule has 2 saturated carbocycles. The second-order valence-corrected chi connectivity index (χ2v) is 18.3. The van der Waals surface area contributed by atoms with Crippen LogP contribution in [0.4, 0.5) is 4.79 Å². The Morgan fingerprint density at radius 1 is 1.04 bits per heavy atom. The van der Waals surface area contributed by atoms with Crippen LogP contribution in [0.15, 0.2) is 36.4 Å². The molecule has 15 heteroatoms. The molecular weight excluding hydrogens is 692 g/mol. The molecule has 4 amide bonds. The summed E-state index contributed by atoms with van der Waals surface area (Å²) in [5.41, 5.74) is -2.17. The number of esters is 1. The monoisotopic (exact) mass is 744 g/mol. The third-order valence-electron chi connectivity index (χ3n) is 10.5. The van der Waals surface area contributed by atoms with E-state index in [1.54, 1.807) is 39.8 Å². The van der Waals surface area contributed by atoms with Crippen molar-refractivity contribution >= 4 is 39.8 Å². The molecule has 3 fully saturated rings. The lowest BCUT2D eigenvalue weighted by Gasteiger charge is -2.33. The molecule has 14 nitrogen and oxygen atoms in total. The van der Waals surface area contributed by atoms with Crippen LogP contribution in [-0.2, 0) is 33.9 Å². The second-order valence-electron chi connectivity index (χ2n) is 16.1. The Kier molecular flexibility index (Phi) is 11.1. The van der Waals surface area contributed by atoms with Gasteiger partial charge in [0.25, 0.3) is 5.91 Å². The number of fused-ring (bicyclic) bond motifs is 2. The van der Waals surface area contributed by atoms with Gasteiger partial charge in [0, 0.05) is 12.3 Å². The normalized spacial score (nSPS) is 30.3. The highest BCUT2D eigenvalue weighted by molar-refractivity contribution is 7.91. The van der Waals surface area contributed by atoms with E-state index < -0.39 is 79.8 Å². The number of carbonyl (C=O) groups excluding carboxylic acids is 5. The van der Waals surface area contributed by atoms with Gasteiger partial charge in [-0.2, -0.15) is 0 Å². The third-order valence-corrected chi connectivity index (χ3v) is 12.7. The lowest BCUT2D eigenvalue weighted by molar-refractivity contribution is -0.142. The number of carbonyl (C=O) groups is 5. The van der Waals surface area contributed by atoms with E-state index in [-0.39, 0.29) is 36.8 Å². The first-order chi connectivity index (χ1) is 24.3. The van der Waals surface area contributed by atoms with Crippen molar-refractivity contribution in [2.45, 2.75) is 121 Å². The second kappa shape index (κ2) is 14.7. The van der Waals surface area contributed by atoms with Gasteiger partial charge in [-0.25, -0.2) is 18.0 Å². The fourth-order valence-corrected chi connectivity index (χ4v) is 8.29. The zero-order chi connectivity index (χ0) is 38.2. The number of ether oxygens (including phenoxy) is 3. The highest BCUT2D eigenvalue weighted by Gasteiger charge is 2.63. The van der Waals surface area contributed by atoms with Gasteiger partial charge in [-0.15, -0.1) is 0 Å². The van der Waals surface area contributed by atoms with E-state index in [0.717, 1.165) is 6.42 Å². The molecule has 0 aromatic heterocycles. The molecule has 1 saturated heterocycles. The number of rotatable bonds is 7. The maximum atomic E-state index is 14.6. The predicted molar refractivity (Wildman–Crippen MR) is 190 cm³/mol. The fourth-order valence-electron chi connectivity index (χ4n) is 6.98. The van der Waals surface area contributed by atoms with Gasteiger partial charge < -0.3 is 29.7 Å². The maximum absolute atomic E-state index is 14.6. The lowest BCUT2D eigenvalue weighted by atomic mass is 9.88. The average Bonchev–Trinajstić information content (AvgIpc) is 3.94. The summed E-state index contributed by atoms with van der Waals surface area (Å²) >= 11 is 0. The van der Waals surface area contributed by atoms with Crippen LogP contribution in [0.2, 0.25) is 0 Å². The molecule has 0 radical (unpaired) electrons. The Hall–Kier alpha value is -4.14. The van der Waals surface area contributed by atoms with Crippen LogP contribution in [0.3, 0.4) is 0 Å². The molecule has 286 valence electrons. The van der Waals surface area contributed by atoms with Gasteiger partial charge in [0.15, 0.2) is 0 Å². The Labute approximate surface area is 305 Å². The molecule has 3 N–H and O–H groups in total. The zero-order valence-electron chi connectivity index (χ0n) is 31.0. The molecular formula is C37H52N4O10S. The Morgan fingerprint density at radius 3 is 2.33 bits per heavy atom. The topological polar surface area (TPSA) is 187 Å². The summed E-state index contributed by atoms with van der Waals surface area (Å²) in [6.45, 7) is 10.4. The van der Waals surface area contributed by atoms with Crippen molar-refractivity contribution in [3.63, 3.8) is 0 Å². The number of nitrogens with zero attached hydrogens (tertiary/aromatic N) is 1. The number of amides is 4. The number of methoxy groups -OCH3 is 1. The summed E-state index contributed by atoms with van der Waals surface area (Å²) in [6, 6.07) is 3.98. The standard InChI is InChI=1S/C37H52N4O10S/c1-22-10-8-9-11-25-20-37(25,33(45)40-52(47,48)36(6)16-17-36)39-30(42)28-19-27(50-32(44)24-12-14-26(49-7)15-13-24)21-41(28)31(43)29(23(2)18-22)38-34(46)51-35(3,4)5/h9,11-15,22-23,25,27-29H,8,10,16-21H2,1-7H3,(H,38,46)(H,39,42)(H,40,45)/t22-,23-,25-,27-,28+,29+,37-/m1/s1. The van der Waals surface area contributed by atoms with Gasteiger partial charge in [0.1, 0.15) is 35.1 Å². The Balaban J connectivity index is 1.47. The summed E-state index contributed by atoms with van der Waals surface area (Å²) in [7, 11) is -2.51.